The lowest BCUT2D eigenvalue weighted by Gasteiger charge is -2.27. The lowest BCUT2D eigenvalue weighted by atomic mass is 9.85. The van der Waals surface area contributed by atoms with Crippen molar-refractivity contribution in [2.75, 3.05) is 30.9 Å². The largest absolute Gasteiger partial charge is 0.382 e. The van der Waals surface area contributed by atoms with Gasteiger partial charge in [0.25, 0.3) is 6.43 Å². The van der Waals surface area contributed by atoms with Gasteiger partial charge in [0.15, 0.2) is 5.82 Å². The van der Waals surface area contributed by atoms with Gasteiger partial charge in [0.05, 0.1) is 5.69 Å². The summed E-state index contributed by atoms with van der Waals surface area (Å²) >= 11 is 0. The quantitative estimate of drug-likeness (QED) is 0.810. The van der Waals surface area contributed by atoms with E-state index in [1.54, 1.807) is 12.3 Å². The molecule has 1 aromatic heterocycles. The summed E-state index contributed by atoms with van der Waals surface area (Å²) in [5.41, 5.74) is 2.59. The number of rotatable bonds is 6. The van der Waals surface area contributed by atoms with E-state index in [1.807, 2.05) is 31.1 Å². The minimum atomic E-state index is -2.46. The third-order valence-electron chi connectivity index (χ3n) is 4.57. The average Bonchev–Trinajstić information content (AvgIpc) is 2.53. The summed E-state index contributed by atoms with van der Waals surface area (Å²) < 4.78 is 25.9. The van der Waals surface area contributed by atoms with Gasteiger partial charge in [-0.05, 0) is 36.5 Å². The first kappa shape index (κ1) is 16.7. The van der Waals surface area contributed by atoms with Crippen molar-refractivity contribution in [3.05, 3.63) is 42.1 Å². The molecular weight excluding hydrogens is 308 g/mol. The molecule has 0 unspecified atom stereocenters. The monoisotopic (exact) mass is 331 g/mol. The molecule has 128 valence electrons. The van der Waals surface area contributed by atoms with Crippen LogP contribution >= 0.6 is 0 Å². The molecule has 0 saturated heterocycles. The molecule has 2 aromatic rings. The summed E-state index contributed by atoms with van der Waals surface area (Å²) in [4.78, 5) is 6.49. The van der Waals surface area contributed by atoms with Gasteiger partial charge >= 0.3 is 0 Å². The predicted molar refractivity (Wildman–Crippen MR) is 94.8 cm³/mol. The van der Waals surface area contributed by atoms with E-state index in [9.17, 15) is 8.78 Å². The van der Waals surface area contributed by atoms with Gasteiger partial charge in [0.1, 0.15) is 0 Å². The highest BCUT2D eigenvalue weighted by Gasteiger charge is 2.18. The molecule has 0 bridgehead atoms. The van der Waals surface area contributed by atoms with Gasteiger partial charge in [-0.3, -0.25) is 0 Å². The fraction of sp³-hybridized carbons (Fsp3) is 0.421. The third kappa shape index (κ3) is 3.66. The number of hydrogen-bond acceptors (Lipinski definition) is 3. The molecule has 3 rings (SSSR count). The second-order valence-corrected chi connectivity index (χ2v) is 6.59. The van der Waals surface area contributed by atoms with E-state index in [4.69, 9.17) is 0 Å². The number of anilines is 2. The van der Waals surface area contributed by atoms with Crippen molar-refractivity contribution in [3.63, 3.8) is 0 Å². The molecule has 1 N–H and O–H groups in total. The number of aromatic nitrogens is 1. The summed E-state index contributed by atoms with van der Waals surface area (Å²) in [7, 11) is 3.90. The SMILES string of the molecule is CN(C)c1ncc(-c2cccc(C(F)F)c2)cc1NCC1CCC1. The lowest BCUT2D eigenvalue weighted by Crippen LogP contribution is -2.22. The highest BCUT2D eigenvalue weighted by Crippen LogP contribution is 2.32. The van der Waals surface area contributed by atoms with Crippen LogP contribution in [-0.2, 0) is 0 Å². The van der Waals surface area contributed by atoms with E-state index in [2.05, 4.69) is 10.3 Å². The van der Waals surface area contributed by atoms with Crippen LogP contribution < -0.4 is 10.2 Å². The Morgan fingerprint density at radius 2 is 2.00 bits per heavy atom. The molecule has 3 nitrogen and oxygen atoms in total. The molecule has 0 radical (unpaired) electrons. The van der Waals surface area contributed by atoms with Crippen molar-refractivity contribution in [1.82, 2.24) is 4.98 Å². The van der Waals surface area contributed by atoms with Gasteiger partial charge in [-0.1, -0.05) is 24.6 Å². The maximum absolute atomic E-state index is 12.9. The second-order valence-electron chi connectivity index (χ2n) is 6.59. The van der Waals surface area contributed by atoms with Gasteiger partial charge in [-0.2, -0.15) is 0 Å². The number of nitrogens with one attached hydrogen (secondary N) is 1. The van der Waals surface area contributed by atoms with Crippen molar-refractivity contribution in [3.8, 4) is 11.1 Å². The van der Waals surface area contributed by atoms with E-state index in [0.29, 0.717) is 0 Å². The normalized spacial score (nSPS) is 14.5. The van der Waals surface area contributed by atoms with Crippen LogP contribution in [-0.4, -0.2) is 25.6 Å². The predicted octanol–water partition coefficient (Wildman–Crippen LogP) is 4.96. The Hall–Kier alpha value is -2.17. The van der Waals surface area contributed by atoms with Crippen molar-refractivity contribution >= 4 is 11.5 Å². The summed E-state index contributed by atoms with van der Waals surface area (Å²) in [6.07, 6.45) is 3.14. The molecular formula is C19H23F2N3. The zero-order chi connectivity index (χ0) is 17.1. The van der Waals surface area contributed by atoms with Crippen LogP contribution in [0.3, 0.4) is 0 Å². The van der Waals surface area contributed by atoms with Crippen molar-refractivity contribution in [2.24, 2.45) is 5.92 Å². The van der Waals surface area contributed by atoms with Gasteiger partial charge in [-0.25, -0.2) is 13.8 Å². The Labute approximate surface area is 141 Å². The van der Waals surface area contributed by atoms with Crippen molar-refractivity contribution in [1.29, 1.82) is 0 Å². The van der Waals surface area contributed by atoms with Gasteiger partial charge < -0.3 is 10.2 Å². The molecule has 1 heterocycles. The molecule has 5 heteroatoms. The number of halogens is 2. The van der Waals surface area contributed by atoms with E-state index in [0.717, 1.165) is 35.1 Å². The van der Waals surface area contributed by atoms with Crippen LogP contribution in [0.4, 0.5) is 20.3 Å². The minimum Gasteiger partial charge on any atom is -0.382 e. The lowest BCUT2D eigenvalue weighted by molar-refractivity contribution is 0.151. The first-order valence-corrected chi connectivity index (χ1v) is 8.34. The molecule has 1 aromatic carbocycles. The molecule has 0 spiro atoms. The highest BCUT2D eigenvalue weighted by molar-refractivity contribution is 5.74. The zero-order valence-electron chi connectivity index (χ0n) is 14.1. The maximum Gasteiger partial charge on any atom is 0.263 e. The molecule has 1 aliphatic rings. The fourth-order valence-corrected chi connectivity index (χ4v) is 2.91. The van der Waals surface area contributed by atoms with Crippen LogP contribution in [0.25, 0.3) is 11.1 Å². The number of benzene rings is 1. The van der Waals surface area contributed by atoms with Crippen molar-refractivity contribution < 1.29 is 8.78 Å². The van der Waals surface area contributed by atoms with Crippen LogP contribution in [0.15, 0.2) is 36.5 Å². The Balaban J connectivity index is 1.89. The number of pyridine rings is 1. The molecule has 1 fully saturated rings. The summed E-state index contributed by atoms with van der Waals surface area (Å²) in [6, 6.07) is 8.50. The van der Waals surface area contributed by atoms with Crippen LogP contribution in [0.1, 0.15) is 31.3 Å². The Kier molecular flexibility index (Phi) is 4.97. The Morgan fingerprint density at radius 1 is 1.21 bits per heavy atom. The van der Waals surface area contributed by atoms with Gasteiger partial charge in [-0.15, -0.1) is 0 Å². The summed E-state index contributed by atoms with van der Waals surface area (Å²) in [5.74, 6) is 1.59. The first-order chi connectivity index (χ1) is 11.5. The molecule has 0 atom stereocenters. The fourth-order valence-electron chi connectivity index (χ4n) is 2.91. The molecule has 0 aliphatic heterocycles. The Morgan fingerprint density at radius 3 is 2.62 bits per heavy atom. The van der Waals surface area contributed by atoms with E-state index < -0.39 is 6.43 Å². The van der Waals surface area contributed by atoms with Gasteiger partial charge in [0, 0.05) is 38.0 Å². The van der Waals surface area contributed by atoms with Crippen LogP contribution in [0.5, 0.6) is 0 Å². The van der Waals surface area contributed by atoms with Crippen molar-refractivity contribution in [2.45, 2.75) is 25.7 Å². The van der Waals surface area contributed by atoms with Crippen LogP contribution in [0, 0.1) is 5.92 Å². The highest BCUT2D eigenvalue weighted by atomic mass is 19.3. The topological polar surface area (TPSA) is 28.2 Å². The van der Waals surface area contributed by atoms with Crippen LogP contribution in [0.2, 0.25) is 0 Å². The summed E-state index contributed by atoms with van der Waals surface area (Å²) in [5, 5.41) is 3.49. The minimum absolute atomic E-state index is 0.0353. The Bertz CT molecular complexity index is 697. The third-order valence-corrected chi connectivity index (χ3v) is 4.57. The molecule has 1 aliphatic carbocycles. The zero-order valence-corrected chi connectivity index (χ0v) is 14.1. The van der Waals surface area contributed by atoms with E-state index in [-0.39, 0.29) is 5.56 Å². The smallest absolute Gasteiger partial charge is 0.263 e. The number of alkyl halides is 2. The standard InChI is InChI=1S/C19H23F2N3/c1-24(2)19-17(22-11-13-5-3-6-13)10-16(12-23-19)14-7-4-8-15(9-14)18(20)21/h4,7-10,12-13,18,22H,3,5-6,11H2,1-2H3. The first-order valence-electron chi connectivity index (χ1n) is 8.34. The number of nitrogens with zero attached hydrogens (tertiary/aromatic N) is 2. The molecule has 24 heavy (non-hydrogen) atoms. The van der Waals surface area contributed by atoms with E-state index >= 15 is 0 Å². The average molecular weight is 331 g/mol. The molecule has 1 saturated carbocycles. The summed E-state index contributed by atoms with van der Waals surface area (Å²) in [6.45, 7) is 0.934. The number of hydrogen-bond donors (Lipinski definition) is 1. The second kappa shape index (κ2) is 7.16. The van der Waals surface area contributed by atoms with Gasteiger partial charge in [0.2, 0.25) is 0 Å². The molecule has 0 amide bonds. The van der Waals surface area contributed by atoms with E-state index in [1.165, 1.54) is 31.4 Å². The maximum atomic E-state index is 12.9.